The second kappa shape index (κ2) is 5.36. The van der Waals surface area contributed by atoms with Crippen LogP contribution in [0.2, 0.25) is 0 Å². The number of nitrogens with zero attached hydrogens (tertiary/aromatic N) is 3. The van der Waals surface area contributed by atoms with Crippen molar-refractivity contribution in [2.75, 3.05) is 0 Å². The Morgan fingerprint density at radius 3 is 2.58 bits per heavy atom. The standard InChI is InChI=1S/C13H15N5S/c1-7-4-5-16-13(18-7)19-10-6-8(2)17-9(3)11(10)12(14)15/h4-6H,1-3H3,(H3,14,15). The van der Waals surface area contributed by atoms with E-state index >= 15 is 0 Å². The molecule has 0 aromatic carbocycles. The second-order valence-corrected chi connectivity index (χ2v) is 5.23. The summed E-state index contributed by atoms with van der Waals surface area (Å²) in [5, 5.41) is 8.33. The fourth-order valence-electron chi connectivity index (χ4n) is 1.77. The van der Waals surface area contributed by atoms with Crippen LogP contribution >= 0.6 is 11.8 Å². The van der Waals surface area contributed by atoms with E-state index in [-0.39, 0.29) is 5.84 Å². The summed E-state index contributed by atoms with van der Waals surface area (Å²) in [5.74, 6) is 0.0140. The van der Waals surface area contributed by atoms with Crippen molar-refractivity contribution in [2.24, 2.45) is 5.73 Å². The van der Waals surface area contributed by atoms with E-state index in [1.807, 2.05) is 32.9 Å². The number of aromatic nitrogens is 3. The van der Waals surface area contributed by atoms with Gasteiger partial charge in [-0.15, -0.1) is 0 Å². The van der Waals surface area contributed by atoms with E-state index < -0.39 is 0 Å². The molecule has 19 heavy (non-hydrogen) atoms. The zero-order valence-electron chi connectivity index (χ0n) is 11.1. The van der Waals surface area contributed by atoms with Crippen molar-refractivity contribution < 1.29 is 0 Å². The first-order valence-electron chi connectivity index (χ1n) is 5.77. The minimum Gasteiger partial charge on any atom is -0.384 e. The van der Waals surface area contributed by atoms with Crippen molar-refractivity contribution >= 4 is 17.6 Å². The summed E-state index contributed by atoms with van der Waals surface area (Å²) >= 11 is 1.40. The van der Waals surface area contributed by atoms with E-state index in [9.17, 15) is 0 Å². The molecule has 0 aliphatic carbocycles. The van der Waals surface area contributed by atoms with Crippen LogP contribution in [0.15, 0.2) is 28.4 Å². The Hall–Kier alpha value is -1.95. The molecule has 0 amide bonds. The first-order chi connectivity index (χ1) is 8.97. The number of rotatable bonds is 3. The molecule has 0 aliphatic rings. The summed E-state index contributed by atoms with van der Waals surface area (Å²) in [6.07, 6.45) is 1.72. The van der Waals surface area contributed by atoms with Crippen molar-refractivity contribution in [3.05, 3.63) is 41.0 Å². The minimum atomic E-state index is 0.0140. The molecular weight excluding hydrogens is 258 g/mol. The number of hydrogen-bond acceptors (Lipinski definition) is 5. The number of nitrogen functional groups attached to an aromatic ring is 1. The molecule has 0 radical (unpaired) electrons. The molecule has 2 aromatic heterocycles. The van der Waals surface area contributed by atoms with Crippen molar-refractivity contribution in [1.29, 1.82) is 5.41 Å². The van der Waals surface area contributed by atoms with E-state index in [1.54, 1.807) is 6.20 Å². The van der Waals surface area contributed by atoms with Gasteiger partial charge in [-0.1, -0.05) is 0 Å². The first-order valence-corrected chi connectivity index (χ1v) is 6.59. The number of nitrogens with one attached hydrogen (secondary N) is 1. The highest BCUT2D eigenvalue weighted by molar-refractivity contribution is 7.99. The predicted molar refractivity (Wildman–Crippen MR) is 75.6 cm³/mol. The monoisotopic (exact) mass is 273 g/mol. The fourth-order valence-corrected chi connectivity index (χ4v) is 2.86. The number of amidine groups is 1. The van der Waals surface area contributed by atoms with Crippen LogP contribution in [0, 0.1) is 26.2 Å². The van der Waals surface area contributed by atoms with E-state index in [0.717, 1.165) is 22.0 Å². The zero-order valence-corrected chi connectivity index (χ0v) is 11.9. The normalized spacial score (nSPS) is 10.5. The minimum absolute atomic E-state index is 0.0140. The quantitative estimate of drug-likeness (QED) is 0.508. The van der Waals surface area contributed by atoms with Crippen LogP contribution < -0.4 is 5.73 Å². The third kappa shape index (κ3) is 3.08. The van der Waals surface area contributed by atoms with Crippen LogP contribution in [0.4, 0.5) is 0 Å². The topological polar surface area (TPSA) is 88.5 Å². The Balaban J connectivity index is 2.47. The van der Waals surface area contributed by atoms with Gasteiger partial charge in [0.05, 0.1) is 5.56 Å². The molecule has 3 N–H and O–H groups in total. The number of aryl methyl sites for hydroxylation is 3. The Labute approximate surface area is 116 Å². The van der Waals surface area contributed by atoms with Gasteiger partial charge in [0, 0.05) is 28.2 Å². The van der Waals surface area contributed by atoms with Gasteiger partial charge in [-0.3, -0.25) is 10.4 Å². The van der Waals surface area contributed by atoms with E-state index in [0.29, 0.717) is 10.7 Å². The summed E-state index contributed by atoms with van der Waals surface area (Å²) in [5.41, 5.74) is 8.84. The molecule has 2 heterocycles. The smallest absolute Gasteiger partial charge is 0.192 e. The lowest BCUT2D eigenvalue weighted by Crippen LogP contribution is -2.15. The lowest BCUT2D eigenvalue weighted by Gasteiger charge is -2.11. The van der Waals surface area contributed by atoms with Gasteiger partial charge in [0.25, 0.3) is 0 Å². The molecule has 0 spiro atoms. The highest BCUT2D eigenvalue weighted by Gasteiger charge is 2.13. The second-order valence-electron chi connectivity index (χ2n) is 4.22. The van der Waals surface area contributed by atoms with Gasteiger partial charge in [-0.05, 0) is 44.7 Å². The lowest BCUT2D eigenvalue weighted by molar-refractivity contribution is 0.930. The lowest BCUT2D eigenvalue weighted by atomic mass is 10.1. The number of pyridine rings is 1. The fraction of sp³-hybridized carbons (Fsp3) is 0.231. The maximum Gasteiger partial charge on any atom is 0.192 e. The van der Waals surface area contributed by atoms with Crippen LogP contribution in [0.1, 0.15) is 22.6 Å². The third-order valence-corrected chi connectivity index (χ3v) is 3.46. The Kier molecular flexibility index (Phi) is 3.80. The van der Waals surface area contributed by atoms with E-state index in [4.69, 9.17) is 11.1 Å². The average Bonchev–Trinajstić information content (AvgIpc) is 2.26. The summed E-state index contributed by atoms with van der Waals surface area (Å²) in [6, 6.07) is 3.75. The molecule has 0 fully saturated rings. The highest BCUT2D eigenvalue weighted by Crippen LogP contribution is 2.29. The van der Waals surface area contributed by atoms with Gasteiger partial charge in [0.1, 0.15) is 5.84 Å². The molecule has 0 atom stereocenters. The number of hydrogen-bond donors (Lipinski definition) is 2. The predicted octanol–water partition coefficient (Wildman–Crippen LogP) is 2.23. The van der Waals surface area contributed by atoms with Crippen LogP contribution in [-0.4, -0.2) is 20.8 Å². The van der Waals surface area contributed by atoms with Gasteiger partial charge in [-0.2, -0.15) is 0 Å². The average molecular weight is 273 g/mol. The summed E-state index contributed by atoms with van der Waals surface area (Å²) in [6.45, 7) is 5.68. The summed E-state index contributed by atoms with van der Waals surface area (Å²) in [7, 11) is 0. The largest absolute Gasteiger partial charge is 0.384 e. The van der Waals surface area contributed by atoms with Gasteiger partial charge < -0.3 is 5.73 Å². The number of nitrogens with two attached hydrogens (primary N) is 1. The molecule has 0 bridgehead atoms. The Morgan fingerprint density at radius 1 is 1.21 bits per heavy atom. The molecule has 0 unspecified atom stereocenters. The van der Waals surface area contributed by atoms with Crippen molar-refractivity contribution in [3.63, 3.8) is 0 Å². The van der Waals surface area contributed by atoms with Gasteiger partial charge in [0.15, 0.2) is 5.16 Å². The van der Waals surface area contributed by atoms with Crippen LogP contribution in [0.25, 0.3) is 0 Å². The third-order valence-electron chi connectivity index (χ3n) is 2.54. The van der Waals surface area contributed by atoms with Crippen molar-refractivity contribution in [2.45, 2.75) is 30.8 Å². The maximum absolute atomic E-state index is 7.68. The molecule has 0 saturated carbocycles. The molecule has 0 saturated heterocycles. The molecule has 5 nitrogen and oxygen atoms in total. The van der Waals surface area contributed by atoms with E-state index in [1.165, 1.54) is 11.8 Å². The zero-order chi connectivity index (χ0) is 14.0. The van der Waals surface area contributed by atoms with Gasteiger partial charge >= 0.3 is 0 Å². The van der Waals surface area contributed by atoms with Crippen molar-refractivity contribution in [3.8, 4) is 0 Å². The summed E-state index contributed by atoms with van der Waals surface area (Å²) in [4.78, 5) is 13.8. The molecule has 2 rings (SSSR count). The first kappa shape index (κ1) is 13.5. The Morgan fingerprint density at radius 2 is 1.95 bits per heavy atom. The molecule has 2 aromatic rings. The highest BCUT2D eigenvalue weighted by atomic mass is 32.2. The van der Waals surface area contributed by atoms with Crippen LogP contribution in [-0.2, 0) is 0 Å². The summed E-state index contributed by atoms with van der Waals surface area (Å²) < 4.78 is 0. The molecule has 98 valence electrons. The van der Waals surface area contributed by atoms with Crippen LogP contribution in [0.5, 0.6) is 0 Å². The molecular formula is C13H15N5S. The van der Waals surface area contributed by atoms with Gasteiger partial charge in [-0.25, -0.2) is 9.97 Å². The van der Waals surface area contributed by atoms with Crippen molar-refractivity contribution in [1.82, 2.24) is 15.0 Å². The SMILES string of the molecule is Cc1ccnc(Sc2cc(C)nc(C)c2C(=N)N)n1. The molecule has 0 aliphatic heterocycles. The Bertz CT molecular complexity index is 639. The van der Waals surface area contributed by atoms with Gasteiger partial charge in [0.2, 0.25) is 0 Å². The maximum atomic E-state index is 7.68. The van der Waals surface area contributed by atoms with E-state index in [2.05, 4.69) is 15.0 Å². The molecule has 6 heteroatoms. The van der Waals surface area contributed by atoms with Crippen LogP contribution in [0.3, 0.4) is 0 Å².